The molecule has 98 valence electrons. The van der Waals surface area contributed by atoms with Gasteiger partial charge in [-0.2, -0.15) is 0 Å². The summed E-state index contributed by atoms with van der Waals surface area (Å²) in [6.07, 6.45) is 1.27. The fraction of sp³-hybridized carbons (Fsp3) is 0. The molecular weight excluding hydrogens is 337 g/mol. The van der Waals surface area contributed by atoms with E-state index in [0.29, 0.717) is 15.2 Å². The molecule has 0 saturated heterocycles. The van der Waals surface area contributed by atoms with Gasteiger partial charge in [0.1, 0.15) is 0 Å². The normalized spacial score (nSPS) is 10.3. The molecule has 7 heteroatoms. The van der Waals surface area contributed by atoms with Crippen molar-refractivity contribution in [3.05, 3.63) is 51.3 Å². The molecule has 0 radical (unpaired) electrons. The van der Waals surface area contributed by atoms with Crippen molar-refractivity contribution >= 4 is 44.9 Å². The molecule has 0 aliphatic heterocycles. The fourth-order valence-electron chi connectivity index (χ4n) is 1.41. The lowest BCUT2D eigenvalue weighted by atomic mass is 10.2. The molecule has 0 fully saturated rings. The molecule has 3 N–H and O–H groups in total. The first-order chi connectivity index (χ1) is 8.99. The maximum Gasteiger partial charge on any atom is 0.258 e. The monoisotopic (exact) mass is 343 g/mol. The van der Waals surface area contributed by atoms with Crippen molar-refractivity contribution in [1.82, 2.24) is 4.98 Å². The summed E-state index contributed by atoms with van der Waals surface area (Å²) in [7, 11) is 0. The second-order valence-electron chi connectivity index (χ2n) is 3.64. The molecule has 0 saturated carbocycles. The molecule has 2 aromatic rings. The number of rotatable bonds is 2. The van der Waals surface area contributed by atoms with Gasteiger partial charge in [-0.25, -0.2) is 9.37 Å². The Morgan fingerprint density at radius 2 is 2.16 bits per heavy atom. The number of nitrogens with zero attached hydrogens (tertiary/aromatic N) is 1. The number of carbonyl (C=O) groups is 1. The summed E-state index contributed by atoms with van der Waals surface area (Å²) in [5.74, 6) is -1.77. The molecule has 0 bridgehead atoms. The van der Waals surface area contributed by atoms with Gasteiger partial charge in [0.15, 0.2) is 11.6 Å². The maximum atomic E-state index is 13.6. The zero-order valence-electron chi connectivity index (χ0n) is 9.45. The molecule has 0 atom stereocenters. The van der Waals surface area contributed by atoms with E-state index in [1.54, 1.807) is 18.2 Å². The van der Waals surface area contributed by atoms with Crippen LogP contribution in [0.2, 0.25) is 5.02 Å². The Balaban J connectivity index is 2.26. The number of hydrogen-bond acceptors (Lipinski definition) is 3. The number of halogens is 3. The van der Waals surface area contributed by atoms with Crippen molar-refractivity contribution in [2.45, 2.75) is 0 Å². The van der Waals surface area contributed by atoms with Crippen LogP contribution in [-0.4, -0.2) is 10.9 Å². The van der Waals surface area contributed by atoms with Gasteiger partial charge in [0.2, 0.25) is 0 Å². The second-order valence-corrected chi connectivity index (χ2v) is 4.90. The van der Waals surface area contributed by atoms with Gasteiger partial charge in [0.25, 0.3) is 5.91 Å². The first kappa shape index (κ1) is 13.8. The molecule has 0 spiro atoms. The van der Waals surface area contributed by atoms with Crippen LogP contribution in [0.15, 0.2) is 34.9 Å². The Morgan fingerprint density at radius 1 is 1.42 bits per heavy atom. The lowest BCUT2D eigenvalue weighted by molar-refractivity contribution is 0.102. The number of benzene rings is 1. The zero-order valence-corrected chi connectivity index (χ0v) is 11.8. The molecule has 0 unspecified atom stereocenters. The Morgan fingerprint density at radius 3 is 2.84 bits per heavy atom. The van der Waals surface area contributed by atoms with Gasteiger partial charge >= 0.3 is 0 Å². The van der Waals surface area contributed by atoms with Gasteiger partial charge in [0, 0.05) is 16.4 Å². The average molecular weight is 345 g/mol. The number of nitrogens with one attached hydrogen (secondary N) is 1. The van der Waals surface area contributed by atoms with Crippen LogP contribution in [0.3, 0.4) is 0 Å². The highest BCUT2D eigenvalue weighted by atomic mass is 79.9. The number of hydrogen-bond donors (Lipinski definition) is 2. The van der Waals surface area contributed by atoms with E-state index in [1.165, 1.54) is 12.3 Å². The highest BCUT2D eigenvalue weighted by Crippen LogP contribution is 2.26. The highest BCUT2D eigenvalue weighted by molar-refractivity contribution is 9.10. The maximum absolute atomic E-state index is 13.6. The van der Waals surface area contributed by atoms with Crippen LogP contribution < -0.4 is 11.1 Å². The average Bonchev–Trinajstić information content (AvgIpc) is 2.37. The van der Waals surface area contributed by atoms with Crippen molar-refractivity contribution in [2.24, 2.45) is 0 Å². The molecule has 2 rings (SSSR count). The van der Waals surface area contributed by atoms with Gasteiger partial charge in [-0.15, -0.1) is 0 Å². The lowest BCUT2D eigenvalue weighted by Gasteiger charge is -2.07. The molecule has 19 heavy (non-hydrogen) atoms. The third-order valence-corrected chi connectivity index (χ3v) is 3.55. The van der Waals surface area contributed by atoms with E-state index in [1.807, 2.05) is 0 Å². The molecule has 1 amide bonds. The van der Waals surface area contributed by atoms with Crippen LogP contribution in [0.25, 0.3) is 0 Å². The van der Waals surface area contributed by atoms with Gasteiger partial charge in [-0.3, -0.25) is 4.79 Å². The third-order valence-electron chi connectivity index (χ3n) is 2.34. The minimum Gasteiger partial charge on any atom is -0.381 e. The van der Waals surface area contributed by atoms with Crippen LogP contribution in [-0.2, 0) is 0 Å². The van der Waals surface area contributed by atoms with E-state index >= 15 is 0 Å². The van der Waals surface area contributed by atoms with Gasteiger partial charge in [-0.05, 0) is 40.2 Å². The van der Waals surface area contributed by atoms with Crippen LogP contribution in [0, 0.1) is 5.82 Å². The number of nitrogens with two attached hydrogens (primary N) is 1. The van der Waals surface area contributed by atoms with Crippen molar-refractivity contribution in [2.75, 3.05) is 11.1 Å². The predicted octanol–water partition coefficient (Wildman–Crippen LogP) is 3.47. The lowest BCUT2D eigenvalue weighted by Crippen LogP contribution is -2.15. The summed E-state index contributed by atoms with van der Waals surface area (Å²) in [5.41, 5.74) is 5.62. The zero-order chi connectivity index (χ0) is 14.0. The first-order valence-corrected chi connectivity index (χ1v) is 6.32. The van der Waals surface area contributed by atoms with Crippen LogP contribution >= 0.6 is 27.5 Å². The number of nitrogen functional groups attached to an aromatic ring is 1. The minimum absolute atomic E-state index is 0.168. The van der Waals surface area contributed by atoms with E-state index in [2.05, 4.69) is 26.2 Å². The minimum atomic E-state index is -0.840. The van der Waals surface area contributed by atoms with Crippen molar-refractivity contribution in [3.8, 4) is 0 Å². The first-order valence-electron chi connectivity index (χ1n) is 5.15. The molecular formula is C12H8BrClFN3O. The fourth-order valence-corrected chi connectivity index (χ4v) is 1.90. The molecule has 4 nitrogen and oxygen atoms in total. The SMILES string of the molecule is Nc1nccc(C(=O)Nc2ccc(Cl)c(Br)c2)c1F. The summed E-state index contributed by atoms with van der Waals surface area (Å²) in [6.45, 7) is 0. The van der Waals surface area contributed by atoms with Crippen LogP contribution in [0.5, 0.6) is 0 Å². The summed E-state index contributed by atoms with van der Waals surface area (Å²) in [6, 6.07) is 6.08. The predicted molar refractivity (Wildman–Crippen MR) is 75.7 cm³/mol. The second kappa shape index (κ2) is 5.54. The number of aromatic nitrogens is 1. The number of pyridine rings is 1. The van der Waals surface area contributed by atoms with E-state index in [0.717, 1.165) is 0 Å². The third kappa shape index (κ3) is 3.02. The number of carbonyl (C=O) groups excluding carboxylic acids is 1. The quantitative estimate of drug-likeness (QED) is 0.876. The van der Waals surface area contributed by atoms with Crippen LogP contribution in [0.1, 0.15) is 10.4 Å². The molecule has 1 aromatic heterocycles. The van der Waals surface area contributed by atoms with Crippen molar-refractivity contribution in [3.63, 3.8) is 0 Å². The Bertz CT molecular complexity index is 651. The molecule has 1 heterocycles. The molecule has 0 aliphatic rings. The van der Waals surface area contributed by atoms with Gasteiger partial charge < -0.3 is 11.1 Å². The van der Waals surface area contributed by atoms with E-state index in [4.69, 9.17) is 17.3 Å². The van der Waals surface area contributed by atoms with E-state index in [-0.39, 0.29) is 11.4 Å². The number of anilines is 2. The van der Waals surface area contributed by atoms with Gasteiger partial charge in [-0.1, -0.05) is 11.6 Å². The van der Waals surface area contributed by atoms with Gasteiger partial charge in [0.05, 0.1) is 10.6 Å². The van der Waals surface area contributed by atoms with Crippen LogP contribution in [0.4, 0.5) is 15.9 Å². The standard InChI is InChI=1S/C12H8BrClFN3O/c13-8-5-6(1-2-9(8)14)18-12(19)7-3-4-17-11(16)10(7)15/h1-5H,(H2,16,17)(H,18,19). The van der Waals surface area contributed by atoms with Crippen molar-refractivity contribution in [1.29, 1.82) is 0 Å². The Kier molecular flexibility index (Phi) is 4.01. The van der Waals surface area contributed by atoms with E-state index in [9.17, 15) is 9.18 Å². The Labute approximate surface area is 121 Å². The smallest absolute Gasteiger partial charge is 0.258 e. The largest absolute Gasteiger partial charge is 0.381 e. The summed E-state index contributed by atoms with van der Waals surface area (Å²) in [5, 5.41) is 3.05. The van der Waals surface area contributed by atoms with Crippen molar-refractivity contribution < 1.29 is 9.18 Å². The Hall–Kier alpha value is -1.66. The molecule has 0 aliphatic carbocycles. The topological polar surface area (TPSA) is 68.0 Å². The molecule has 1 aromatic carbocycles. The summed E-state index contributed by atoms with van der Waals surface area (Å²) < 4.78 is 14.2. The summed E-state index contributed by atoms with van der Waals surface area (Å²) in [4.78, 5) is 15.5. The van der Waals surface area contributed by atoms with E-state index < -0.39 is 11.7 Å². The number of amides is 1. The highest BCUT2D eigenvalue weighted by Gasteiger charge is 2.14. The summed E-state index contributed by atoms with van der Waals surface area (Å²) >= 11 is 9.07.